The number of ether oxygens (including phenoxy) is 2. The Morgan fingerprint density at radius 3 is 2.42 bits per heavy atom. The van der Waals surface area contributed by atoms with E-state index in [4.69, 9.17) is 21.1 Å². The van der Waals surface area contributed by atoms with E-state index in [1.807, 2.05) is 12.1 Å². The molecule has 0 heterocycles. The van der Waals surface area contributed by atoms with Gasteiger partial charge in [0.25, 0.3) is 5.91 Å². The van der Waals surface area contributed by atoms with Crippen molar-refractivity contribution >= 4 is 34.8 Å². The monoisotopic (exact) mass is 436 g/mol. The molecule has 0 radical (unpaired) electrons. The van der Waals surface area contributed by atoms with Gasteiger partial charge in [-0.15, -0.1) is 0 Å². The summed E-state index contributed by atoms with van der Waals surface area (Å²) in [6.45, 7) is -0.194. The van der Waals surface area contributed by atoms with Gasteiger partial charge in [0, 0.05) is 17.7 Å². The first-order valence-corrected chi connectivity index (χ1v) is 10.3. The lowest BCUT2D eigenvalue weighted by molar-refractivity contribution is -0.118. The molecule has 0 aliphatic heterocycles. The van der Waals surface area contributed by atoms with Gasteiger partial charge in [-0.25, -0.2) is 0 Å². The van der Waals surface area contributed by atoms with Crippen LogP contribution in [0.25, 0.3) is 0 Å². The number of carbonyl (C=O) groups is 2. The van der Waals surface area contributed by atoms with E-state index in [1.165, 1.54) is 0 Å². The Hall–Kier alpha value is -3.51. The molecule has 1 fully saturated rings. The van der Waals surface area contributed by atoms with Crippen LogP contribution in [0, 0.1) is 5.92 Å². The molecule has 4 rings (SSSR count). The first-order valence-electron chi connectivity index (χ1n) is 9.93. The summed E-state index contributed by atoms with van der Waals surface area (Å²) in [5.74, 6) is 1.24. The molecule has 1 aliphatic carbocycles. The zero-order valence-electron chi connectivity index (χ0n) is 16.6. The van der Waals surface area contributed by atoms with Crippen LogP contribution >= 0.6 is 11.6 Å². The van der Waals surface area contributed by atoms with Crippen LogP contribution in [0.1, 0.15) is 12.8 Å². The average Bonchev–Trinajstić information content (AvgIpc) is 3.61. The lowest BCUT2D eigenvalue weighted by Crippen LogP contribution is -2.20. The number of rotatable bonds is 8. The zero-order chi connectivity index (χ0) is 21.6. The number of hydrogen-bond donors (Lipinski definition) is 2. The fraction of sp³-hybridized carbons (Fsp3) is 0.167. The maximum absolute atomic E-state index is 12.4. The second-order valence-electron chi connectivity index (χ2n) is 7.16. The molecule has 0 saturated heterocycles. The predicted molar refractivity (Wildman–Crippen MR) is 120 cm³/mol. The van der Waals surface area contributed by atoms with Crippen LogP contribution in [0.2, 0.25) is 5.02 Å². The van der Waals surface area contributed by atoms with Crippen molar-refractivity contribution in [3.63, 3.8) is 0 Å². The molecule has 2 N–H and O–H groups in total. The molecule has 0 bridgehead atoms. The smallest absolute Gasteiger partial charge is 0.262 e. The standard InChI is InChI=1S/C24H21ClN2O4/c25-19-8-1-3-10-21(19)31-22-11-4-2-9-20(22)27-23(28)15-30-18-7-5-6-17(14-18)26-24(29)16-12-13-16/h1-11,14,16H,12-13,15H2,(H,26,29)(H,27,28). The van der Waals surface area contributed by atoms with Crippen molar-refractivity contribution in [2.75, 3.05) is 17.2 Å². The Morgan fingerprint density at radius 1 is 0.903 bits per heavy atom. The topological polar surface area (TPSA) is 76.7 Å². The van der Waals surface area contributed by atoms with Crippen molar-refractivity contribution in [2.24, 2.45) is 5.92 Å². The van der Waals surface area contributed by atoms with E-state index < -0.39 is 0 Å². The van der Waals surface area contributed by atoms with Crippen LogP contribution < -0.4 is 20.1 Å². The summed E-state index contributed by atoms with van der Waals surface area (Å²) < 4.78 is 11.4. The van der Waals surface area contributed by atoms with Gasteiger partial charge >= 0.3 is 0 Å². The summed E-state index contributed by atoms with van der Waals surface area (Å²) in [7, 11) is 0. The molecule has 6 nitrogen and oxygen atoms in total. The number of para-hydroxylation sites is 3. The van der Waals surface area contributed by atoms with Crippen molar-refractivity contribution in [1.82, 2.24) is 0 Å². The molecule has 0 aromatic heterocycles. The number of benzene rings is 3. The van der Waals surface area contributed by atoms with Gasteiger partial charge in [-0.05, 0) is 49.2 Å². The van der Waals surface area contributed by atoms with Crippen LogP contribution in [0.4, 0.5) is 11.4 Å². The Bertz CT molecular complexity index is 1100. The SMILES string of the molecule is O=C(COc1cccc(NC(=O)C2CC2)c1)Nc1ccccc1Oc1ccccc1Cl. The molecule has 1 saturated carbocycles. The number of carbonyl (C=O) groups excluding carboxylic acids is 2. The van der Waals surface area contributed by atoms with Gasteiger partial charge in [-0.3, -0.25) is 9.59 Å². The number of nitrogens with one attached hydrogen (secondary N) is 2. The van der Waals surface area contributed by atoms with Crippen LogP contribution in [0.15, 0.2) is 72.8 Å². The van der Waals surface area contributed by atoms with Crippen molar-refractivity contribution in [2.45, 2.75) is 12.8 Å². The van der Waals surface area contributed by atoms with E-state index >= 15 is 0 Å². The van der Waals surface area contributed by atoms with E-state index in [0.717, 1.165) is 12.8 Å². The molecule has 0 spiro atoms. The van der Waals surface area contributed by atoms with Crippen molar-refractivity contribution in [3.05, 3.63) is 77.8 Å². The summed E-state index contributed by atoms with van der Waals surface area (Å²) in [4.78, 5) is 24.3. The highest BCUT2D eigenvalue weighted by Gasteiger charge is 2.29. The first kappa shape index (κ1) is 20.8. The fourth-order valence-corrected chi connectivity index (χ4v) is 3.07. The third-order valence-corrected chi connectivity index (χ3v) is 4.95. The lowest BCUT2D eigenvalue weighted by atomic mass is 10.2. The summed E-state index contributed by atoms with van der Waals surface area (Å²) in [5, 5.41) is 6.12. The van der Waals surface area contributed by atoms with Gasteiger partial charge in [-0.2, -0.15) is 0 Å². The van der Waals surface area contributed by atoms with Crippen LogP contribution in [0.5, 0.6) is 17.2 Å². The zero-order valence-corrected chi connectivity index (χ0v) is 17.4. The van der Waals surface area contributed by atoms with Crippen molar-refractivity contribution in [1.29, 1.82) is 0 Å². The van der Waals surface area contributed by atoms with Gasteiger partial charge in [0.15, 0.2) is 12.4 Å². The average molecular weight is 437 g/mol. The number of anilines is 2. The summed E-state index contributed by atoms with van der Waals surface area (Å²) in [5.41, 5.74) is 1.15. The number of amides is 2. The Labute approximate surface area is 185 Å². The molecule has 2 amide bonds. The Kier molecular flexibility index (Phi) is 6.38. The minimum atomic E-state index is -0.345. The first-order chi connectivity index (χ1) is 15.1. The van der Waals surface area contributed by atoms with Gasteiger partial charge in [0.2, 0.25) is 5.91 Å². The van der Waals surface area contributed by atoms with Crippen LogP contribution in [0.3, 0.4) is 0 Å². The fourth-order valence-electron chi connectivity index (χ4n) is 2.89. The maximum atomic E-state index is 12.4. The molecular formula is C24H21ClN2O4. The molecule has 1 aliphatic rings. The van der Waals surface area contributed by atoms with Gasteiger partial charge in [0.05, 0.1) is 10.7 Å². The molecular weight excluding hydrogens is 416 g/mol. The van der Waals surface area contributed by atoms with Gasteiger partial charge in [0.1, 0.15) is 11.5 Å². The molecule has 7 heteroatoms. The third-order valence-electron chi connectivity index (χ3n) is 4.64. The Balaban J connectivity index is 1.35. The minimum absolute atomic E-state index is 0.0185. The highest BCUT2D eigenvalue weighted by atomic mass is 35.5. The van der Waals surface area contributed by atoms with E-state index in [-0.39, 0.29) is 24.3 Å². The van der Waals surface area contributed by atoms with E-state index in [0.29, 0.717) is 33.6 Å². The van der Waals surface area contributed by atoms with E-state index in [1.54, 1.807) is 60.7 Å². The highest BCUT2D eigenvalue weighted by molar-refractivity contribution is 6.32. The number of halogens is 1. The quantitative estimate of drug-likeness (QED) is 0.489. The van der Waals surface area contributed by atoms with Crippen LogP contribution in [-0.4, -0.2) is 18.4 Å². The molecule has 3 aromatic carbocycles. The van der Waals surface area contributed by atoms with Crippen LogP contribution in [-0.2, 0) is 9.59 Å². The maximum Gasteiger partial charge on any atom is 0.262 e. The lowest BCUT2D eigenvalue weighted by Gasteiger charge is -2.13. The molecule has 0 atom stereocenters. The second-order valence-corrected chi connectivity index (χ2v) is 7.56. The normalized spacial score (nSPS) is 12.7. The minimum Gasteiger partial charge on any atom is -0.484 e. The van der Waals surface area contributed by atoms with Gasteiger partial charge in [-0.1, -0.05) is 41.9 Å². The molecule has 3 aromatic rings. The third kappa shape index (κ3) is 5.77. The Morgan fingerprint density at radius 2 is 1.65 bits per heavy atom. The van der Waals surface area contributed by atoms with Gasteiger partial charge < -0.3 is 20.1 Å². The molecule has 0 unspecified atom stereocenters. The molecule has 158 valence electrons. The predicted octanol–water partition coefficient (Wildman–Crippen LogP) is 5.50. The summed E-state index contributed by atoms with van der Waals surface area (Å²) in [6.07, 6.45) is 1.87. The van der Waals surface area contributed by atoms with E-state index in [2.05, 4.69) is 10.6 Å². The number of hydrogen-bond acceptors (Lipinski definition) is 4. The van der Waals surface area contributed by atoms with Crippen molar-refractivity contribution in [3.8, 4) is 17.2 Å². The largest absolute Gasteiger partial charge is 0.484 e. The van der Waals surface area contributed by atoms with Crippen molar-refractivity contribution < 1.29 is 19.1 Å². The molecule has 31 heavy (non-hydrogen) atoms. The second kappa shape index (κ2) is 9.53. The van der Waals surface area contributed by atoms with E-state index in [9.17, 15) is 9.59 Å². The summed E-state index contributed by atoms with van der Waals surface area (Å²) >= 11 is 6.16. The highest BCUT2D eigenvalue weighted by Crippen LogP contribution is 2.33. The summed E-state index contributed by atoms with van der Waals surface area (Å²) in [6, 6.07) is 21.2.